The van der Waals surface area contributed by atoms with Gasteiger partial charge in [-0.3, -0.25) is 4.79 Å². The lowest BCUT2D eigenvalue weighted by Crippen LogP contribution is -2.43. The molecule has 0 saturated carbocycles. The first-order valence-corrected chi connectivity index (χ1v) is 12.9. The van der Waals surface area contributed by atoms with E-state index in [1.807, 2.05) is 27.7 Å². The highest BCUT2D eigenvalue weighted by atomic mass is 31.2. The molecule has 0 aromatic carbocycles. The second-order valence-electron chi connectivity index (χ2n) is 8.80. The van der Waals surface area contributed by atoms with Gasteiger partial charge in [-0.15, -0.1) is 9.78 Å². The molecule has 1 fully saturated rings. The summed E-state index contributed by atoms with van der Waals surface area (Å²) < 4.78 is 23.5. The first-order chi connectivity index (χ1) is 16.5. The van der Waals surface area contributed by atoms with E-state index >= 15 is 0 Å². The van der Waals surface area contributed by atoms with Crippen molar-refractivity contribution in [1.29, 1.82) is 5.26 Å². The monoisotopic (exact) mass is 512 g/mol. The summed E-state index contributed by atoms with van der Waals surface area (Å²) in [4.78, 5) is 23.6. The maximum absolute atomic E-state index is 14.2. The van der Waals surface area contributed by atoms with Crippen LogP contribution in [0.2, 0.25) is 0 Å². The number of fused-ring (bicyclic) bond motifs is 1. The molecule has 3 heterocycles. The van der Waals surface area contributed by atoms with E-state index in [0.717, 1.165) is 9.36 Å². The van der Waals surface area contributed by atoms with Crippen LogP contribution < -0.4 is 5.56 Å². The maximum atomic E-state index is 14.2. The van der Waals surface area contributed by atoms with Gasteiger partial charge in [-0.25, -0.2) is 4.67 Å². The highest BCUT2D eigenvalue weighted by Gasteiger charge is 2.48. The highest BCUT2D eigenvalue weighted by molar-refractivity contribution is 7.62. The molecular weight excluding hydrogens is 483 g/mol. The molecule has 0 amide bonds. The summed E-state index contributed by atoms with van der Waals surface area (Å²) in [6, 6.07) is 1.47. The Morgan fingerprint density at radius 2 is 2.00 bits per heavy atom. The molecule has 16 heteroatoms. The fraction of sp³-hybridized carbons (Fsp3) is 0.737. The molecule has 192 valence electrons. The van der Waals surface area contributed by atoms with E-state index in [2.05, 4.69) is 21.5 Å². The van der Waals surface area contributed by atoms with E-state index in [1.54, 1.807) is 4.67 Å². The van der Waals surface area contributed by atoms with Gasteiger partial charge in [0.15, 0.2) is 25.8 Å². The SMILES string of the molecule is CC(C)P(=O)(C(C)C)N(CCC#N)C1CC(n2nnc3c([N+](=O)[O-])nn(CO)c3c2=O)OC1CO. The summed E-state index contributed by atoms with van der Waals surface area (Å²) in [6.07, 6.45) is -1.69. The van der Waals surface area contributed by atoms with E-state index < -0.39 is 55.3 Å². The van der Waals surface area contributed by atoms with Crippen LogP contribution in [0, 0.1) is 21.4 Å². The molecular formula is C19H29N8O7P. The van der Waals surface area contributed by atoms with Crippen LogP contribution >= 0.6 is 7.29 Å². The second kappa shape index (κ2) is 10.5. The number of aliphatic hydroxyl groups is 2. The molecule has 35 heavy (non-hydrogen) atoms. The number of hydrogen-bond donors (Lipinski definition) is 2. The number of aliphatic hydroxyl groups excluding tert-OH is 2. The van der Waals surface area contributed by atoms with Gasteiger partial charge in [-0.05, 0) is 4.92 Å². The summed E-state index contributed by atoms with van der Waals surface area (Å²) in [5.74, 6) is -0.721. The second-order valence-corrected chi connectivity index (χ2v) is 12.7. The Kier molecular flexibility index (Phi) is 8.03. The number of nitro groups is 1. The van der Waals surface area contributed by atoms with Crippen molar-refractivity contribution in [3.8, 4) is 6.07 Å². The van der Waals surface area contributed by atoms with Crippen LogP contribution in [0.25, 0.3) is 11.0 Å². The van der Waals surface area contributed by atoms with Gasteiger partial charge in [-0.1, -0.05) is 32.9 Å². The van der Waals surface area contributed by atoms with E-state index in [0.29, 0.717) is 0 Å². The fourth-order valence-corrected chi connectivity index (χ4v) is 8.15. The van der Waals surface area contributed by atoms with Crippen LogP contribution in [0.3, 0.4) is 0 Å². The maximum Gasteiger partial charge on any atom is 0.418 e. The van der Waals surface area contributed by atoms with Crippen LogP contribution in [-0.4, -0.2) is 81.2 Å². The molecule has 1 aliphatic rings. The fourth-order valence-electron chi connectivity index (χ4n) is 4.65. The zero-order chi connectivity index (χ0) is 26.1. The van der Waals surface area contributed by atoms with Crippen LogP contribution in [0.5, 0.6) is 0 Å². The first-order valence-electron chi connectivity index (χ1n) is 11.1. The predicted octanol–water partition coefficient (Wildman–Crippen LogP) is 0.805. The minimum atomic E-state index is -3.05. The number of hydrogen-bond acceptors (Lipinski definition) is 11. The molecule has 1 saturated heterocycles. The van der Waals surface area contributed by atoms with E-state index in [4.69, 9.17) is 4.74 Å². The summed E-state index contributed by atoms with van der Waals surface area (Å²) in [5.41, 5.74) is -2.00. The number of aromatic nitrogens is 5. The average molecular weight is 512 g/mol. The van der Waals surface area contributed by atoms with Gasteiger partial charge in [0.2, 0.25) is 5.52 Å². The zero-order valence-corrected chi connectivity index (χ0v) is 20.8. The highest BCUT2D eigenvalue weighted by Crippen LogP contribution is 2.60. The molecule has 15 nitrogen and oxygen atoms in total. The Morgan fingerprint density at radius 1 is 1.34 bits per heavy atom. The van der Waals surface area contributed by atoms with Crippen LogP contribution in [-0.2, 0) is 16.0 Å². The minimum absolute atomic E-state index is 0.0928. The zero-order valence-electron chi connectivity index (χ0n) is 19.9. The van der Waals surface area contributed by atoms with Crippen molar-refractivity contribution in [2.45, 2.75) is 77.0 Å². The standard InChI is InChI=1S/C19H29N8O7P/c1-11(2)35(33,12(3)4)25(7-5-6-20)13-8-15(34-14(13)9-28)26-19(30)17-16(21-23-26)18(27(31)32)22-24(17)10-29/h11-15,28-29H,5,7-10H2,1-4H3. The Balaban J connectivity index is 2.08. The average Bonchev–Trinajstić information content (AvgIpc) is 3.41. The number of ether oxygens (including phenoxy) is 1. The Bertz CT molecular complexity index is 1220. The molecule has 3 unspecified atom stereocenters. The summed E-state index contributed by atoms with van der Waals surface area (Å²) in [5, 5.41) is 51.2. The third kappa shape index (κ3) is 4.60. The van der Waals surface area contributed by atoms with E-state index in [1.165, 1.54) is 0 Å². The van der Waals surface area contributed by atoms with Crippen molar-refractivity contribution in [2.24, 2.45) is 0 Å². The van der Waals surface area contributed by atoms with Gasteiger partial charge >= 0.3 is 11.4 Å². The van der Waals surface area contributed by atoms with Crippen molar-refractivity contribution in [3.05, 3.63) is 20.5 Å². The quantitative estimate of drug-likeness (QED) is 0.258. The van der Waals surface area contributed by atoms with E-state index in [9.17, 15) is 34.9 Å². The molecule has 0 bridgehead atoms. The van der Waals surface area contributed by atoms with Crippen LogP contribution in [0.4, 0.5) is 5.82 Å². The molecule has 2 aromatic rings. The van der Waals surface area contributed by atoms with Crippen molar-refractivity contribution in [2.75, 3.05) is 13.2 Å². The van der Waals surface area contributed by atoms with Crippen molar-refractivity contribution in [1.82, 2.24) is 29.4 Å². The lowest BCUT2D eigenvalue weighted by molar-refractivity contribution is -0.388. The third-order valence-electron chi connectivity index (χ3n) is 6.24. The van der Waals surface area contributed by atoms with Crippen molar-refractivity contribution in [3.63, 3.8) is 0 Å². The molecule has 0 aliphatic carbocycles. The Morgan fingerprint density at radius 3 is 2.51 bits per heavy atom. The normalized spacial score (nSPS) is 20.9. The van der Waals surface area contributed by atoms with Gasteiger partial charge in [0.05, 0.1) is 23.9 Å². The number of rotatable bonds is 10. The molecule has 3 atom stereocenters. The minimum Gasteiger partial charge on any atom is -0.394 e. The Labute approximate surface area is 200 Å². The van der Waals surface area contributed by atoms with Crippen molar-refractivity contribution >= 4 is 24.1 Å². The van der Waals surface area contributed by atoms with Gasteiger partial charge < -0.3 is 29.6 Å². The van der Waals surface area contributed by atoms with E-state index in [-0.39, 0.29) is 41.7 Å². The molecule has 1 aliphatic heterocycles. The number of nitriles is 1. The summed E-state index contributed by atoms with van der Waals surface area (Å²) >= 11 is 0. The van der Waals surface area contributed by atoms with Gasteiger partial charge in [-0.2, -0.15) is 9.94 Å². The lowest BCUT2D eigenvalue weighted by atomic mass is 10.1. The van der Waals surface area contributed by atoms with Gasteiger partial charge in [0, 0.05) is 36.7 Å². The van der Waals surface area contributed by atoms with Crippen LogP contribution in [0.15, 0.2) is 4.79 Å². The van der Waals surface area contributed by atoms with Crippen molar-refractivity contribution < 1.29 is 24.4 Å². The summed E-state index contributed by atoms with van der Waals surface area (Å²) in [6.45, 7) is 6.31. The molecule has 2 aromatic heterocycles. The molecule has 0 radical (unpaired) electrons. The topological polar surface area (TPSA) is 203 Å². The third-order valence-corrected chi connectivity index (χ3v) is 10.5. The smallest absolute Gasteiger partial charge is 0.394 e. The molecule has 0 spiro atoms. The summed E-state index contributed by atoms with van der Waals surface area (Å²) in [7, 11) is -3.05. The lowest BCUT2D eigenvalue weighted by Gasteiger charge is -2.41. The van der Waals surface area contributed by atoms with Gasteiger partial charge in [0.1, 0.15) is 0 Å². The molecule has 2 N–H and O–H groups in total. The molecule has 3 rings (SSSR count). The Hall–Kier alpha value is -2.76. The number of nitrogens with zero attached hydrogens (tertiary/aromatic N) is 8. The first kappa shape index (κ1) is 26.8. The largest absolute Gasteiger partial charge is 0.418 e. The van der Waals surface area contributed by atoms with Gasteiger partial charge in [0.25, 0.3) is 0 Å². The predicted molar refractivity (Wildman–Crippen MR) is 123 cm³/mol. The van der Waals surface area contributed by atoms with Crippen LogP contribution in [0.1, 0.15) is 46.8 Å².